The molecule has 0 aliphatic heterocycles. The molecule has 0 radical (unpaired) electrons. The third kappa shape index (κ3) is 4.64. The number of ether oxygens (including phenoxy) is 2. The second-order valence-corrected chi connectivity index (χ2v) is 7.43. The summed E-state index contributed by atoms with van der Waals surface area (Å²) in [5.41, 5.74) is 4.62. The molecule has 0 atom stereocenters. The van der Waals surface area contributed by atoms with Crippen molar-refractivity contribution >= 4 is 17.6 Å². The van der Waals surface area contributed by atoms with E-state index in [1.54, 1.807) is 19.4 Å². The van der Waals surface area contributed by atoms with Gasteiger partial charge in [-0.15, -0.1) is 0 Å². The Balaban J connectivity index is 1.98. The van der Waals surface area contributed by atoms with E-state index >= 15 is 0 Å². The summed E-state index contributed by atoms with van der Waals surface area (Å²) in [5.74, 6) is 1.28. The van der Waals surface area contributed by atoms with E-state index < -0.39 is 0 Å². The Morgan fingerprint density at radius 2 is 2.07 bits per heavy atom. The molecule has 0 saturated carbocycles. The van der Waals surface area contributed by atoms with Crippen LogP contribution in [0.4, 0.5) is 0 Å². The fraction of sp³-hybridized carbons (Fsp3) is 0.261. The molecule has 2 aromatic carbocycles. The van der Waals surface area contributed by atoms with Crippen molar-refractivity contribution in [2.24, 2.45) is 0 Å². The molecule has 0 bridgehead atoms. The molecule has 6 heteroatoms. The average molecular weight is 406 g/mol. The molecule has 148 valence electrons. The molecular weight excluding hydrogens is 382 g/mol. The third-order valence-electron chi connectivity index (χ3n) is 4.33. The van der Waals surface area contributed by atoms with E-state index in [9.17, 15) is 5.26 Å². The second kappa shape index (κ2) is 9.35. The molecule has 0 amide bonds. The normalized spacial score (nSPS) is 11.0. The van der Waals surface area contributed by atoms with Gasteiger partial charge >= 0.3 is 0 Å². The lowest BCUT2D eigenvalue weighted by Gasteiger charge is -2.11. The van der Waals surface area contributed by atoms with Gasteiger partial charge in [-0.1, -0.05) is 25.1 Å². The van der Waals surface area contributed by atoms with Gasteiger partial charge in [-0.05, 0) is 67.2 Å². The van der Waals surface area contributed by atoms with Crippen LogP contribution < -0.4 is 4.74 Å². The fourth-order valence-corrected chi connectivity index (χ4v) is 3.74. The molecular formula is C23H23N3O2S. The van der Waals surface area contributed by atoms with Crippen LogP contribution in [0.5, 0.6) is 5.75 Å². The number of methoxy groups -OCH3 is 1. The van der Waals surface area contributed by atoms with Gasteiger partial charge in [0.2, 0.25) is 0 Å². The average Bonchev–Trinajstić information content (AvgIpc) is 3.21. The number of nitrogens with zero attached hydrogens (tertiary/aromatic N) is 3. The number of nitriles is 1. The van der Waals surface area contributed by atoms with Crippen molar-refractivity contribution < 1.29 is 9.47 Å². The minimum absolute atomic E-state index is 0.00739. The molecule has 0 saturated heterocycles. The highest BCUT2D eigenvalue weighted by atomic mass is 32.1. The Bertz CT molecular complexity index is 1060. The maximum Gasteiger partial charge on any atom is 0.173 e. The Morgan fingerprint density at radius 1 is 1.24 bits per heavy atom. The van der Waals surface area contributed by atoms with Crippen molar-refractivity contribution in [1.29, 1.82) is 5.26 Å². The minimum Gasteiger partial charge on any atom is -0.504 e. The Hall–Kier alpha value is -3.17. The summed E-state index contributed by atoms with van der Waals surface area (Å²) in [6.45, 7) is 5.99. The Labute approximate surface area is 175 Å². The maximum absolute atomic E-state index is 9.48. The first-order valence-electron chi connectivity index (χ1n) is 9.43. The van der Waals surface area contributed by atoms with Gasteiger partial charge < -0.3 is 9.47 Å². The summed E-state index contributed by atoms with van der Waals surface area (Å²) in [6.07, 6.45) is 4.48. The third-order valence-corrected chi connectivity index (χ3v) is 5.09. The van der Waals surface area contributed by atoms with Gasteiger partial charge in [-0.25, -0.2) is 4.98 Å². The molecule has 0 unspecified atom stereocenters. The first-order chi connectivity index (χ1) is 14.1. The van der Waals surface area contributed by atoms with Gasteiger partial charge in [0, 0.05) is 11.1 Å². The largest absolute Gasteiger partial charge is 0.504 e. The van der Waals surface area contributed by atoms with Crippen molar-refractivity contribution in [3.8, 4) is 33.8 Å². The van der Waals surface area contributed by atoms with E-state index in [0.29, 0.717) is 17.1 Å². The first-order valence-corrected chi connectivity index (χ1v) is 10.2. The van der Waals surface area contributed by atoms with Crippen molar-refractivity contribution in [3.63, 3.8) is 0 Å². The summed E-state index contributed by atoms with van der Waals surface area (Å²) < 4.78 is 15.3. The van der Waals surface area contributed by atoms with E-state index in [1.165, 1.54) is 17.1 Å². The molecule has 0 aliphatic carbocycles. The number of hydrogen-bond acceptors (Lipinski definition) is 6. The van der Waals surface area contributed by atoms with Crippen molar-refractivity contribution in [2.75, 3.05) is 7.11 Å². The van der Waals surface area contributed by atoms with E-state index in [-0.39, 0.29) is 6.10 Å². The van der Waals surface area contributed by atoms with Gasteiger partial charge in [-0.3, -0.25) is 0 Å². The molecule has 0 spiro atoms. The van der Waals surface area contributed by atoms with Crippen LogP contribution in [0.1, 0.15) is 37.5 Å². The number of benzene rings is 2. The molecule has 1 aromatic heterocycles. The maximum atomic E-state index is 9.48. The molecule has 3 rings (SSSR count). The molecule has 0 aliphatic rings. The standard InChI is InChI=1S/C23H23N3O2S/c1-5-19-16(11-12-27-4)7-6-8-20(19)22-25-23(29-26-22)17-9-10-21(28-15(2)3)18(13-17)14-24/h6-13,15H,5H2,1-4H3/b12-11+. The van der Waals surface area contributed by atoms with E-state index in [0.717, 1.165) is 28.1 Å². The first kappa shape index (κ1) is 20.6. The van der Waals surface area contributed by atoms with Crippen LogP contribution >= 0.6 is 11.5 Å². The molecule has 29 heavy (non-hydrogen) atoms. The second-order valence-electron chi connectivity index (χ2n) is 6.68. The molecule has 0 fully saturated rings. The van der Waals surface area contributed by atoms with Crippen LogP contribution in [0, 0.1) is 11.3 Å². The highest BCUT2D eigenvalue weighted by Gasteiger charge is 2.15. The number of aromatic nitrogens is 2. The molecule has 5 nitrogen and oxygen atoms in total. The van der Waals surface area contributed by atoms with Gasteiger partial charge in [-0.2, -0.15) is 9.64 Å². The molecule has 3 aromatic rings. The predicted molar refractivity (Wildman–Crippen MR) is 117 cm³/mol. The topological polar surface area (TPSA) is 68.0 Å². The van der Waals surface area contributed by atoms with Crippen LogP contribution in [0.15, 0.2) is 42.7 Å². The van der Waals surface area contributed by atoms with Crippen molar-refractivity contribution in [3.05, 3.63) is 59.4 Å². The summed E-state index contributed by atoms with van der Waals surface area (Å²) in [4.78, 5) is 4.75. The van der Waals surface area contributed by atoms with Crippen LogP contribution in [0.2, 0.25) is 0 Å². The summed E-state index contributed by atoms with van der Waals surface area (Å²) in [7, 11) is 1.63. The van der Waals surface area contributed by atoms with Crippen LogP contribution in [-0.4, -0.2) is 22.6 Å². The highest BCUT2D eigenvalue weighted by Crippen LogP contribution is 2.32. The quantitative estimate of drug-likeness (QED) is 0.471. The zero-order chi connectivity index (χ0) is 20.8. The summed E-state index contributed by atoms with van der Waals surface area (Å²) in [5, 5.41) is 10.2. The number of hydrogen-bond donors (Lipinski definition) is 0. The summed E-state index contributed by atoms with van der Waals surface area (Å²) >= 11 is 1.33. The zero-order valence-corrected chi connectivity index (χ0v) is 17.8. The Morgan fingerprint density at radius 3 is 2.76 bits per heavy atom. The Kier molecular flexibility index (Phi) is 6.63. The SMILES string of the molecule is CCc1c(/C=C/OC)cccc1-c1nsc(-c2ccc(OC(C)C)c(C#N)c2)n1. The lowest BCUT2D eigenvalue weighted by molar-refractivity contribution is 0.242. The lowest BCUT2D eigenvalue weighted by atomic mass is 9.98. The lowest BCUT2D eigenvalue weighted by Crippen LogP contribution is -2.06. The monoisotopic (exact) mass is 405 g/mol. The van der Waals surface area contributed by atoms with Crippen LogP contribution in [0.25, 0.3) is 28.0 Å². The smallest absolute Gasteiger partial charge is 0.173 e. The number of rotatable bonds is 7. The fourth-order valence-electron chi connectivity index (χ4n) is 3.06. The van der Waals surface area contributed by atoms with Crippen LogP contribution in [-0.2, 0) is 11.2 Å². The van der Waals surface area contributed by atoms with E-state index in [2.05, 4.69) is 23.4 Å². The van der Waals surface area contributed by atoms with Gasteiger partial charge in [0.15, 0.2) is 5.82 Å². The summed E-state index contributed by atoms with van der Waals surface area (Å²) in [6, 6.07) is 13.8. The minimum atomic E-state index is 0.00739. The van der Waals surface area contributed by atoms with Gasteiger partial charge in [0.1, 0.15) is 16.8 Å². The van der Waals surface area contributed by atoms with Crippen molar-refractivity contribution in [2.45, 2.75) is 33.3 Å². The predicted octanol–water partition coefficient (Wildman–Crippen LogP) is 5.71. The van der Waals surface area contributed by atoms with Crippen LogP contribution in [0.3, 0.4) is 0 Å². The van der Waals surface area contributed by atoms with E-state index in [1.807, 2.05) is 44.2 Å². The van der Waals surface area contributed by atoms with Gasteiger partial charge in [0.05, 0.1) is 25.0 Å². The highest BCUT2D eigenvalue weighted by molar-refractivity contribution is 7.09. The molecule has 0 N–H and O–H groups in total. The van der Waals surface area contributed by atoms with Crippen molar-refractivity contribution in [1.82, 2.24) is 9.36 Å². The van der Waals surface area contributed by atoms with Gasteiger partial charge in [0.25, 0.3) is 0 Å². The zero-order valence-electron chi connectivity index (χ0n) is 17.0. The molecule has 1 heterocycles. The van der Waals surface area contributed by atoms with E-state index in [4.69, 9.17) is 14.5 Å².